The Balaban J connectivity index is 1.43. The molecule has 4 heterocycles. The lowest BCUT2D eigenvalue weighted by atomic mass is 10.2. The van der Waals surface area contributed by atoms with Gasteiger partial charge in [0.05, 0.1) is 24.7 Å². The van der Waals surface area contributed by atoms with Gasteiger partial charge in [-0.3, -0.25) is 14.3 Å². The predicted octanol–water partition coefficient (Wildman–Crippen LogP) is 2.80. The van der Waals surface area contributed by atoms with Crippen molar-refractivity contribution < 1.29 is 14.6 Å². The predicted molar refractivity (Wildman–Crippen MR) is 127 cm³/mol. The monoisotopic (exact) mass is 444 g/mol. The van der Waals surface area contributed by atoms with Crippen molar-refractivity contribution in [2.24, 2.45) is 0 Å². The summed E-state index contributed by atoms with van der Waals surface area (Å²) in [6, 6.07) is 12.4. The first kappa shape index (κ1) is 20.8. The number of ether oxygens (including phenoxy) is 1. The van der Waals surface area contributed by atoms with Crippen LogP contribution in [0.15, 0.2) is 61.1 Å². The van der Waals surface area contributed by atoms with Gasteiger partial charge in [0.1, 0.15) is 17.3 Å². The molecule has 1 fully saturated rings. The van der Waals surface area contributed by atoms with E-state index in [4.69, 9.17) is 4.74 Å². The molecule has 0 atom stereocenters. The molecule has 1 aliphatic rings. The van der Waals surface area contributed by atoms with Crippen LogP contribution >= 0.6 is 0 Å². The van der Waals surface area contributed by atoms with Crippen LogP contribution in [0, 0.1) is 0 Å². The zero-order valence-electron chi connectivity index (χ0n) is 18.2. The molecular formula is C24H24N6O3. The molecule has 0 unspecified atom stereocenters. The van der Waals surface area contributed by atoms with Crippen molar-refractivity contribution in [1.29, 1.82) is 0 Å². The van der Waals surface area contributed by atoms with E-state index in [1.54, 1.807) is 60.6 Å². The number of anilines is 2. The third-order valence-corrected chi connectivity index (χ3v) is 5.71. The van der Waals surface area contributed by atoms with Gasteiger partial charge in [0.2, 0.25) is 5.88 Å². The van der Waals surface area contributed by atoms with E-state index in [9.17, 15) is 9.90 Å². The van der Waals surface area contributed by atoms with E-state index in [2.05, 4.69) is 25.5 Å². The number of piperazine rings is 1. The topological polar surface area (TPSA) is 105 Å². The largest absolute Gasteiger partial charge is 0.497 e. The Morgan fingerprint density at radius 2 is 2.03 bits per heavy atom. The molecule has 33 heavy (non-hydrogen) atoms. The van der Waals surface area contributed by atoms with Gasteiger partial charge in [0, 0.05) is 49.3 Å². The first-order valence-electron chi connectivity index (χ1n) is 10.7. The molecule has 3 aromatic heterocycles. The highest BCUT2D eigenvalue weighted by Crippen LogP contribution is 2.32. The van der Waals surface area contributed by atoms with Crippen molar-refractivity contribution in [1.82, 2.24) is 19.9 Å². The van der Waals surface area contributed by atoms with Gasteiger partial charge in [-0.2, -0.15) is 0 Å². The van der Waals surface area contributed by atoms with Gasteiger partial charge in [-0.1, -0.05) is 6.07 Å². The number of rotatable bonds is 5. The number of amides is 1. The Kier molecular flexibility index (Phi) is 5.54. The summed E-state index contributed by atoms with van der Waals surface area (Å²) in [4.78, 5) is 23.9. The quantitative estimate of drug-likeness (QED) is 0.435. The Bertz CT molecular complexity index is 1310. The van der Waals surface area contributed by atoms with Crippen LogP contribution in [-0.4, -0.2) is 58.8 Å². The number of benzene rings is 1. The van der Waals surface area contributed by atoms with Crippen molar-refractivity contribution in [3.05, 3.63) is 66.7 Å². The summed E-state index contributed by atoms with van der Waals surface area (Å²) >= 11 is 0. The second-order valence-corrected chi connectivity index (χ2v) is 7.74. The summed E-state index contributed by atoms with van der Waals surface area (Å²) in [7, 11) is 1.59. The zero-order valence-corrected chi connectivity index (χ0v) is 18.2. The number of aromatic hydroxyl groups is 1. The number of hydrogen-bond acceptors (Lipinski definition) is 7. The van der Waals surface area contributed by atoms with E-state index in [-0.39, 0.29) is 17.5 Å². The molecule has 168 valence electrons. The third-order valence-electron chi connectivity index (χ3n) is 5.71. The Morgan fingerprint density at radius 1 is 1.18 bits per heavy atom. The fourth-order valence-electron chi connectivity index (χ4n) is 4.02. The molecule has 3 N–H and O–H groups in total. The van der Waals surface area contributed by atoms with Gasteiger partial charge in [0.25, 0.3) is 5.91 Å². The number of methoxy groups -OCH3 is 1. The van der Waals surface area contributed by atoms with E-state index in [1.807, 2.05) is 12.1 Å². The minimum Gasteiger partial charge on any atom is -0.497 e. The van der Waals surface area contributed by atoms with Crippen LogP contribution in [0.2, 0.25) is 0 Å². The van der Waals surface area contributed by atoms with E-state index in [1.165, 1.54) is 0 Å². The van der Waals surface area contributed by atoms with Crippen LogP contribution in [0.1, 0.15) is 10.5 Å². The van der Waals surface area contributed by atoms with E-state index in [0.29, 0.717) is 22.6 Å². The number of nitrogens with zero attached hydrogens (tertiary/aromatic N) is 4. The zero-order chi connectivity index (χ0) is 22.8. The van der Waals surface area contributed by atoms with Crippen molar-refractivity contribution >= 4 is 28.1 Å². The SMILES string of the molecule is COc1ccc2c(O)n(-c3cccc(C(=O)Nc4cnccc4N4CCNCC4)n3)cc2c1. The second-order valence-electron chi connectivity index (χ2n) is 7.74. The maximum atomic E-state index is 13.1. The number of fused-ring (bicyclic) bond motifs is 1. The average molecular weight is 444 g/mol. The Hall–Kier alpha value is -4.11. The number of pyridine rings is 2. The highest BCUT2D eigenvalue weighted by Gasteiger charge is 2.18. The number of aromatic nitrogens is 3. The van der Waals surface area contributed by atoms with Gasteiger partial charge >= 0.3 is 0 Å². The molecule has 1 amide bonds. The van der Waals surface area contributed by atoms with Crippen molar-refractivity contribution in [2.45, 2.75) is 0 Å². The fourth-order valence-corrected chi connectivity index (χ4v) is 4.02. The van der Waals surface area contributed by atoms with Crippen molar-refractivity contribution in [3.63, 3.8) is 0 Å². The summed E-state index contributed by atoms with van der Waals surface area (Å²) in [5, 5.41) is 18.5. The highest BCUT2D eigenvalue weighted by atomic mass is 16.5. The number of hydrogen-bond donors (Lipinski definition) is 3. The first-order chi connectivity index (χ1) is 16.1. The lowest BCUT2D eigenvalue weighted by Gasteiger charge is -2.30. The van der Waals surface area contributed by atoms with Gasteiger partial charge < -0.3 is 25.4 Å². The Morgan fingerprint density at radius 3 is 2.85 bits per heavy atom. The lowest BCUT2D eigenvalue weighted by molar-refractivity contribution is 0.102. The molecular weight excluding hydrogens is 420 g/mol. The van der Waals surface area contributed by atoms with Crippen LogP contribution in [0.25, 0.3) is 16.6 Å². The van der Waals surface area contributed by atoms with E-state index in [0.717, 1.165) is 37.3 Å². The second kappa shape index (κ2) is 8.79. The van der Waals surface area contributed by atoms with Crippen molar-refractivity contribution in [3.8, 4) is 17.4 Å². The van der Waals surface area contributed by atoms with Gasteiger partial charge in [-0.15, -0.1) is 0 Å². The summed E-state index contributed by atoms with van der Waals surface area (Å²) in [6.07, 6.45) is 5.14. The number of nitrogens with one attached hydrogen (secondary N) is 2. The molecule has 0 spiro atoms. The van der Waals surface area contributed by atoms with Crippen LogP contribution in [0.5, 0.6) is 11.6 Å². The molecule has 5 rings (SSSR count). The van der Waals surface area contributed by atoms with Crippen LogP contribution in [0.4, 0.5) is 11.4 Å². The number of carbonyl (C=O) groups is 1. The van der Waals surface area contributed by atoms with E-state index < -0.39 is 0 Å². The molecule has 9 nitrogen and oxygen atoms in total. The van der Waals surface area contributed by atoms with Crippen LogP contribution in [0.3, 0.4) is 0 Å². The molecule has 1 aliphatic heterocycles. The minimum atomic E-state index is -0.348. The number of carbonyl (C=O) groups excluding carboxylic acids is 1. The summed E-state index contributed by atoms with van der Waals surface area (Å²) in [6.45, 7) is 3.48. The molecule has 0 saturated carbocycles. The maximum Gasteiger partial charge on any atom is 0.274 e. The van der Waals surface area contributed by atoms with Gasteiger partial charge in [0.15, 0.2) is 0 Å². The maximum absolute atomic E-state index is 13.1. The van der Waals surface area contributed by atoms with Gasteiger partial charge in [-0.25, -0.2) is 4.98 Å². The molecule has 4 aromatic rings. The summed E-state index contributed by atoms with van der Waals surface area (Å²) in [5.74, 6) is 0.825. The molecule has 1 aromatic carbocycles. The summed E-state index contributed by atoms with van der Waals surface area (Å²) < 4.78 is 6.82. The fraction of sp³-hybridized carbons (Fsp3) is 0.208. The smallest absolute Gasteiger partial charge is 0.274 e. The lowest BCUT2D eigenvalue weighted by Crippen LogP contribution is -2.43. The third kappa shape index (κ3) is 4.06. The van der Waals surface area contributed by atoms with Crippen LogP contribution < -0.4 is 20.3 Å². The molecule has 0 radical (unpaired) electrons. The normalized spacial score (nSPS) is 13.8. The molecule has 1 saturated heterocycles. The van der Waals surface area contributed by atoms with Gasteiger partial charge in [-0.05, 0) is 36.4 Å². The standard InChI is InChI=1S/C24H24N6O3/c1-33-17-5-6-18-16(13-17)15-30(24(18)32)22-4-2-3-19(27-22)23(31)28-20-14-26-8-7-21(20)29-11-9-25-10-12-29/h2-8,13-15,25,32H,9-12H2,1H3,(H,28,31). The highest BCUT2D eigenvalue weighted by molar-refractivity contribution is 6.04. The minimum absolute atomic E-state index is 0.0472. The molecule has 9 heteroatoms. The Labute approximate surface area is 190 Å². The first-order valence-corrected chi connectivity index (χ1v) is 10.7. The van der Waals surface area contributed by atoms with Crippen LogP contribution in [-0.2, 0) is 0 Å². The molecule has 0 aliphatic carbocycles. The molecule has 0 bridgehead atoms. The van der Waals surface area contributed by atoms with E-state index >= 15 is 0 Å². The van der Waals surface area contributed by atoms with Crippen molar-refractivity contribution in [2.75, 3.05) is 43.5 Å². The average Bonchev–Trinajstić information content (AvgIpc) is 3.20. The summed E-state index contributed by atoms with van der Waals surface area (Å²) in [5.41, 5.74) is 1.80.